The van der Waals surface area contributed by atoms with Crippen LogP contribution < -0.4 is 0 Å². The van der Waals surface area contributed by atoms with Crippen molar-refractivity contribution in [3.63, 3.8) is 0 Å². The summed E-state index contributed by atoms with van der Waals surface area (Å²) in [5.74, 6) is 0.208. The van der Waals surface area contributed by atoms with Crippen molar-refractivity contribution in [2.24, 2.45) is 5.92 Å². The number of ether oxygens (including phenoxy) is 1. The van der Waals surface area contributed by atoms with Gasteiger partial charge in [-0.25, -0.2) is 4.79 Å². The fraction of sp³-hybridized carbons (Fsp3) is 0.846. The molecule has 0 aliphatic carbocycles. The maximum Gasteiger partial charge on any atom is 0.320 e. The van der Waals surface area contributed by atoms with Gasteiger partial charge in [-0.1, -0.05) is 13.8 Å². The van der Waals surface area contributed by atoms with Crippen LogP contribution in [0.4, 0.5) is 4.79 Å². The van der Waals surface area contributed by atoms with E-state index >= 15 is 0 Å². The molecule has 2 rings (SSSR count). The molecule has 0 aromatic heterocycles. The zero-order valence-electron chi connectivity index (χ0n) is 11.8. The van der Waals surface area contributed by atoms with Crippen LogP contribution in [-0.4, -0.2) is 79.1 Å². The normalized spacial score (nSPS) is 20.9. The monoisotopic (exact) mass is 269 g/mol. The van der Waals surface area contributed by atoms with Crippen molar-refractivity contribution in [2.75, 3.05) is 52.5 Å². The van der Waals surface area contributed by atoms with Crippen LogP contribution >= 0.6 is 0 Å². The Morgan fingerprint density at radius 1 is 0.842 bits per heavy atom. The van der Waals surface area contributed by atoms with E-state index in [1.54, 1.807) is 0 Å². The number of rotatable bonds is 1. The third-order valence-electron chi connectivity index (χ3n) is 3.64. The van der Waals surface area contributed by atoms with Gasteiger partial charge < -0.3 is 19.4 Å². The summed E-state index contributed by atoms with van der Waals surface area (Å²) in [5.41, 5.74) is 0. The summed E-state index contributed by atoms with van der Waals surface area (Å²) in [6.45, 7) is 8.97. The predicted molar refractivity (Wildman–Crippen MR) is 70.8 cm³/mol. The molecule has 19 heavy (non-hydrogen) atoms. The van der Waals surface area contributed by atoms with Crippen molar-refractivity contribution < 1.29 is 14.3 Å². The van der Waals surface area contributed by atoms with Crippen LogP contribution in [0.3, 0.4) is 0 Å². The van der Waals surface area contributed by atoms with E-state index in [2.05, 4.69) is 0 Å². The summed E-state index contributed by atoms with van der Waals surface area (Å²) >= 11 is 0. The molecule has 0 radical (unpaired) electrons. The van der Waals surface area contributed by atoms with E-state index in [4.69, 9.17) is 4.74 Å². The molecule has 0 spiro atoms. The maximum atomic E-state index is 12.3. The fourth-order valence-corrected chi connectivity index (χ4v) is 2.44. The van der Waals surface area contributed by atoms with Crippen LogP contribution in [0.5, 0.6) is 0 Å². The van der Waals surface area contributed by atoms with E-state index in [-0.39, 0.29) is 17.9 Å². The molecule has 0 aromatic rings. The summed E-state index contributed by atoms with van der Waals surface area (Å²) in [4.78, 5) is 29.7. The topological polar surface area (TPSA) is 53.1 Å². The molecule has 6 heteroatoms. The highest BCUT2D eigenvalue weighted by molar-refractivity contribution is 5.79. The second-order valence-electron chi connectivity index (χ2n) is 5.35. The zero-order valence-corrected chi connectivity index (χ0v) is 11.8. The Hall–Kier alpha value is -1.30. The lowest BCUT2D eigenvalue weighted by Gasteiger charge is -2.39. The highest BCUT2D eigenvalue weighted by Crippen LogP contribution is 2.10. The molecular formula is C13H23N3O3. The molecule has 6 nitrogen and oxygen atoms in total. The third-order valence-corrected chi connectivity index (χ3v) is 3.64. The Balaban J connectivity index is 1.82. The first-order valence-corrected chi connectivity index (χ1v) is 7.00. The number of nitrogens with zero attached hydrogens (tertiary/aromatic N) is 3. The van der Waals surface area contributed by atoms with Gasteiger partial charge in [0.1, 0.15) is 0 Å². The predicted octanol–water partition coefficient (Wildman–Crippen LogP) is 0.239. The van der Waals surface area contributed by atoms with Crippen LogP contribution in [0.25, 0.3) is 0 Å². The average Bonchev–Trinajstić information content (AvgIpc) is 2.46. The standard InChI is InChI=1S/C13H23N3O3/c1-11(2)12(17)14-3-5-15(6-4-14)13(18)16-7-9-19-10-8-16/h11H,3-10H2,1-2H3. The lowest BCUT2D eigenvalue weighted by Crippen LogP contribution is -2.56. The smallest absolute Gasteiger partial charge is 0.320 e. The van der Waals surface area contributed by atoms with Crippen molar-refractivity contribution in [2.45, 2.75) is 13.8 Å². The average molecular weight is 269 g/mol. The van der Waals surface area contributed by atoms with Crippen LogP contribution in [-0.2, 0) is 9.53 Å². The summed E-state index contributed by atoms with van der Waals surface area (Å²) in [6.07, 6.45) is 0. The molecular weight excluding hydrogens is 246 g/mol. The fourth-order valence-electron chi connectivity index (χ4n) is 2.44. The second kappa shape index (κ2) is 6.23. The Labute approximate surface area is 114 Å². The molecule has 3 amide bonds. The highest BCUT2D eigenvalue weighted by Gasteiger charge is 2.28. The first-order chi connectivity index (χ1) is 9.09. The minimum absolute atomic E-state index is 0.0292. The molecule has 0 unspecified atom stereocenters. The number of carbonyl (C=O) groups is 2. The number of carbonyl (C=O) groups excluding carboxylic acids is 2. The van der Waals surface area contributed by atoms with E-state index in [9.17, 15) is 9.59 Å². The summed E-state index contributed by atoms with van der Waals surface area (Å²) in [6, 6.07) is 0.0833. The Morgan fingerprint density at radius 2 is 1.32 bits per heavy atom. The summed E-state index contributed by atoms with van der Waals surface area (Å²) in [7, 11) is 0. The van der Waals surface area contributed by atoms with Gasteiger partial charge in [0.25, 0.3) is 0 Å². The minimum atomic E-state index is 0.0292. The van der Waals surface area contributed by atoms with Gasteiger partial charge in [0.2, 0.25) is 5.91 Å². The van der Waals surface area contributed by atoms with Crippen molar-refractivity contribution >= 4 is 11.9 Å². The second-order valence-corrected chi connectivity index (χ2v) is 5.35. The van der Waals surface area contributed by atoms with Gasteiger partial charge in [0, 0.05) is 45.2 Å². The summed E-state index contributed by atoms with van der Waals surface area (Å²) in [5, 5.41) is 0. The molecule has 2 aliphatic rings. The van der Waals surface area contributed by atoms with Crippen molar-refractivity contribution in [3.05, 3.63) is 0 Å². The summed E-state index contributed by atoms with van der Waals surface area (Å²) < 4.78 is 5.25. The van der Waals surface area contributed by atoms with Gasteiger partial charge in [0.05, 0.1) is 13.2 Å². The molecule has 2 saturated heterocycles. The van der Waals surface area contributed by atoms with Gasteiger partial charge in [-0.05, 0) is 0 Å². The molecule has 2 heterocycles. The number of morpholine rings is 1. The SMILES string of the molecule is CC(C)C(=O)N1CCN(C(=O)N2CCOCC2)CC1. The lowest BCUT2D eigenvalue weighted by atomic mass is 10.1. The van der Waals surface area contributed by atoms with Gasteiger partial charge in [-0.15, -0.1) is 0 Å². The van der Waals surface area contributed by atoms with Crippen LogP contribution in [0.1, 0.15) is 13.8 Å². The Kier molecular flexibility index (Phi) is 4.63. The quantitative estimate of drug-likeness (QED) is 0.685. The third kappa shape index (κ3) is 3.37. The van der Waals surface area contributed by atoms with E-state index in [1.807, 2.05) is 28.5 Å². The molecule has 0 bridgehead atoms. The van der Waals surface area contributed by atoms with Crippen LogP contribution in [0.2, 0.25) is 0 Å². The van der Waals surface area contributed by atoms with Gasteiger partial charge in [0.15, 0.2) is 0 Å². The molecule has 0 aromatic carbocycles. The van der Waals surface area contributed by atoms with E-state index < -0.39 is 0 Å². The lowest BCUT2D eigenvalue weighted by molar-refractivity contribution is -0.135. The number of amides is 3. The van der Waals surface area contributed by atoms with Gasteiger partial charge >= 0.3 is 6.03 Å². The molecule has 0 N–H and O–H groups in total. The molecule has 2 aliphatic heterocycles. The van der Waals surface area contributed by atoms with Crippen molar-refractivity contribution in [1.29, 1.82) is 0 Å². The zero-order chi connectivity index (χ0) is 13.8. The minimum Gasteiger partial charge on any atom is -0.378 e. The maximum absolute atomic E-state index is 12.3. The number of piperazine rings is 1. The van der Waals surface area contributed by atoms with Crippen molar-refractivity contribution in [3.8, 4) is 0 Å². The van der Waals surface area contributed by atoms with E-state index in [0.717, 1.165) is 0 Å². The van der Waals surface area contributed by atoms with E-state index in [0.29, 0.717) is 52.5 Å². The molecule has 108 valence electrons. The Bertz CT molecular complexity index is 332. The Morgan fingerprint density at radius 3 is 1.84 bits per heavy atom. The van der Waals surface area contributed by atoms with Gasteiger partial charge in [-0.3, -0.25) is 4.79 Å². The largest absolute Gasteiger partial charge is 0.378 e. The number of urea groups is 1. The first-order valence-electron chi connectivity index (χ1n) is 7.00. The number of hydrogen-bond acceptors (Lipinski definition) is 3. The van der Waals surface area contributed by atoms with Gasteiger partial charge in [-0.2, -0.15) is 0 Å². The molecule has 0 saturated carbocycles. The van der Waals surface area contributed by atoms with E-state index in [1.165, 1.54) is 0 Å². The first kappa shape index (κ1) is 14.1. The molecule has 0 atom stereocenters. The van der Waals surface area contributed by atoms with Crippen LogP contribution in [0, 0.1) is 5.92 Å². The number of hydrogen-bond donors (Lipinski definition) is 0. The van der Waals surface area contributed by atoms with Crippen LogP contribution in [0.15, 0.2) is 0 Å². The molecule has 2 fully saturated rings. The highest BCUT2D eigenvalue weighted by atomic mass is 16.5. The van der Waals surface area contributed by atoms with Crippen molar-refractivity contribution in [1.82, 2.24) is 14.7 Å².